The lowest BCUT2D eigenvalue weighted by Crippen LogP contribution is -2.39. The molecule has 0 unspecified atom stereocenters. The molecular formula is C18H18N4O2S. The zero-order chi connectivity index (χ0) is 17.6. The Labute approximate surface area is 149 Å². The SMILES string of the molecule is COC[C@H](N)C(=O)Nc1nc(-c2cccc(-c3ccncc3)c2)cs1. The van der Waals surface area contributed by atoms with Gasteiger partial charge in [-0.2, -0.15) is 0 Å². The molecule has 2 heterocycles. The highest BCUT2D eigenvalue weighted by Gasteiger charge is 2.15. The van der Waals surface area contributed by atoms with E-state index in [0.29, 0.717) is 5.13 Å². The normalized spacial score (nSPS) is 11.9. The first-order valence-electron chi connectivity index (χ1n) is 7.69. The summed E-state index contributed by atoms with van der Waals surface area (Å²) in [5.41, 5.74) is 9.67. The van der Waals surface area contributed by atoms with Gasteiger partial charge in [0.25, 0.3) is 0 Å². The van der Waals surface area contributed by atoms with Crippen LogP contribution >= 0.6 is 11.3 Å². The summed E-state index contributed by atoms with van der Waals surface area (Å²) in [7, 11) is 1.50. The Morgan fingerprint density at radius 1 is 1.24 bits per heavy atom. The minimum Gasteiger partial charge on any atom is -0.383 e. The van der Waals surface area contributed by atoms with Gasteiger partial charge in [-0.05, 0) is 29.3 Å². The summed E-state index contributed by atoms with van der Waals surface area (Å²) in [5, 5.41) is 5.14. The smallest absolute Gasteiger partial charge is 0.245 e. The maximum Gasteiger partial charge on any atom is 0.245 e. The average molecular weight is 354 g/mol. The van der Waals surface area contributed by atoms with Crippen LogP contribution < -0.4 is 11.1 Å². The van der Waals surface area contributed by atoms with E-state index in [4.69, 9.17) is 10.5 Å². The van der Waals surface area contributed by atoms with Crippen LogP contribution in [0.1, 0.15) is 0 Å². The molecule has 2 aromatic heterocycles. The molecular weight excluding hydrogens is 336 g/mol. The van der Waals surface area contributed by atoms with Gasteiger partial charge in [-0.1, -0.05) is 18.2 Å². The van der Waals surface area contributed by atoms with Crippen molar-refractivity contribution in [1.82, 2.24) is 9.97 Å². The summed E-state index contributed by atoms with van der Waals surface area (Å²) in [6, 6.07) is 11.3. The molecule has 0 saturated carbocycles. The van der Waals surface area contributed by atoms with Crippen LogP contribution in [0, 0.1) is 0 Å². The van der Waals surface area contributed by atoms with Crippen molar-refractivity contribution in [1.29, 1.82) is 0 Å². The van der Waals surface area contributed by atoms with Crippen LogP contribution in [0.3, 0.4) is 0 Å². The fourth-order valence-electron chi connectivity index (χ4n) is 2.32. The number of benzene rings is 1. The van der Waals surface area contributed by atoms with Gasteiger partial charge in [-0.3, -0.25) is 9.78 Å². The van der Waals surface area contributed by atoms with Crippen LogP contribution in [0.4, 0.5) is 5.13 Å². The van der Waals surface area contributed by atoms with Crippen LogP contribution in [0.5, 0.6) is 0 Å². The molecule has 0 aliphatic carbocycles. The van der Waals surface area contributed by atoms with Crippen molar-refractivity contribution in [3.8, 4) is 22.4 Å². The molecule has 3 N–H and O–H groups in total. The highest BCUT2D eigenvalue weighted by Crippen LogP contribution is 2.28. The number of nitrogens with zero attached hydrogens (tertiary/aromatic N) is 2. The molecule has 0 spiro atoms. The lowest BCUT2D eigenvalue weighted by molar-refractivity contribution is -0.118. The molecule has 1 aromatic carbocycles. The van der Waals surface area contributed by atoms with Crippen molar-refractivity contribution in [2.45, 2.75) is 6.04 Å². The van der Waals surface area contributed by atoms with Crippen molar-refractivity contribution in [3.05, 3.63) is 54.2 Å². The highest BCUT2D eigenvalue weighted by atomic mass is 32.1. The Balaban J connectivity index is 1.78. The summed E-state index contributed by atoms with van der Waals surface area (Å²) < 4.78 is 4.88. The molecule has 0 aliphatic rings. The van der Waals surface area contributed by atoms with E-state index in [9.17, 15) is 4.79 Å². The number of methoxy groups -OCH3 is 1. The first kappa shape index (κ1) is 17.2. The number of nitrogens with one attached hydrogen (secondary N) is 1. The second-order valence-electron chi connectivity index (χ2n) is 5.41. The van der Waals surface area contributed by atoms with Gasteiger partial charge in [-0.15, -0.1) is 11.3 Å². The number of hydrogen-bond donors (Lipinski definition) is 2. The number of hydrogen-bond acceptors (Lipinski definition) is 6. The molecule has 7 heteroatoms. The summed E-state index contributed by atoms with van der Waals surface area (Å²) in [4.78, 5) is 20.4. The Morgan fingerprint density at radius 3 is 2.76 bits per heavy atom. The zero-order valence-corrected chi connectivity index (χ0v) is 14.5. The number of rotatable bonds is 6. The largest absolute Gasteiger partial charge is 0.383 e. The first-order valence-corrected chi connectivity index (χ1v) is 8.57. The van der Waals surface area contributed by atoms with Gasteiger partial charge in [0, 0.05) is 30.4 Å². The predicted molar refractivity (Wildman–Crippen MR) is 99.3 cm³/mol. The Bertz CT molecular complexity index is 851. The van der Waals surface area contributed by atoms with Gasteiger partial charge in [-0.25, -0.2) is 4.98 Å². The van der Waals surface area contributed by atoms with Gasteiger partial charge < -0.3 is 15.8 Å². The molecule has 25 heavy (non-hydrogen) atoms. The zero-order valence-electron chi connectivity index (χ0n) is 13.7. The number of aromatic nitrogens is 2. The molecule has 1 amide bonds. The van der Waals surface area contributed by atoms with Crippen LogP contribution in [-0.4, -0.2) is 35.6 Å². The Kier molecular flexibility index (Phi) is 5.49. The van der Waals surface area contributed by atoms with E-state index in [1.54, 1.807) is 12.4 Å². The third kappa shape index (κ3) is 4.27. The van der Waals surface area contributed by atoms with Crippen molar-refractivity contribution in [2.75, 3.05) is 19.0 Å². The minimum absolute atomic E-state index is 0.165. The average Bonchev–Trinajstić information content (AvgIpc) is 3.11. The Hall–Kier alpha value is -2.61. The minimum atomic E-state index is -0.715. The van der Waals surface area contributed by atoms with Gasteiger partial charge in [0.05, 0.1) is 12.3 Å². The molecule has 128 valence electrons. The van der Waals surface area contributed by atoms with E-state index in [1.165, 1.54) is 18.4 Å². The van der Waals surface area contributed by atoms with Crippen molar-refractivity contribution in [2.24, 2.45) is 5.73 Å². The second-order valence-corrected chi connectivity index (χ2v) is 6.26. The molecule has 6 nitrogen and oxygen atoms in total. The van der Waals surface area contributed by atoms with Crippen molar-refractivity contribution >= 4 is 22.4 Å². The third-order valence-corrected chi connectivity index (χ3v) is 4.35. The highest BCUT2D eigenvalue weighted by molar-refractivity contribution is 7.14. The first-order chi connectivity index (χ1) is 12.2. The van der Waals surface area contributed by atoms with Crippen LogP contribution in [0.2, 0.25) is 0 Å². The molecule has 0 aliphatic heterocycles. The van der Waals surface area contributed by atoms with E-state index in [0.717, 1.165) is 22.4 Å². The van der Waals surface area contributed by atoms with E-state index >= 15 is 0 Å². The lowest BCUT2D eigenvalue weighted by atomic mass is 10.0. The molecule has 3 rings (SSSR count). The number of carbonyl (C=O) groups is 1. The quantitative estimate of drug-likeness (QED) is 0.710. The van der Waals surface area contributed by atoms with E-state index in [2.05, 4.69) is 21.4 Å². The second kappa shape index (κ2) is 7.98. The number of ether oxygens (including phenoxy) is 1. The molecule has 0 fully saturated rings. The molecule has 0 saturated heterocycles. The van der Waals surface area contributed by atoms with Crippen LogP contribution in [0.15, 0.2) is 54.2 Å². The van der Waals surface area contributed by atoms with Gasteiger partial charge >= 0.3 is 0 Å². The fraction of sp³-hybridized carbons (Fsp3) is 0.167. The van der Waals surface area contributed by atoms with E-state index in [1.807, 2.05) is 35.7 Å². The van der Waals surface area contributed by atoms with Gasteiger partial charge in [0.15, 0.2) is 5.13 Å². The van der Waals surface area contributed by atoms with Crippen molar-refractivity contribution in [3.63, 3.8) is 0 Å². The predicted octanol–water partition coefficient (Wildman–Crippen LogP) is 2.78. The standard InChI is InChI=1S/C18H18N4O2S/c1-24-10-15(19)17(23)22-18-21-16(11-25-18)14-4-2-3-13(9-14)12-5-7-20-8-6-12/h2-9,11,15H,10,19H2,1H3,(H,21,22,23)/t15-/m0/s1. The summed E-state index contributed by atoms with van der Waals surface area (Å²) in [5.74, 6) is -0.312. The number of thiazole rings is 1. The van der Waals surface area contributed by atoms with Crippen LogP contribution in [-0.2, 0) is 9.53 Å². The number of amides is 1. The monoisotopic (exact) mass is 354 g/mol. The van der Waals surface area contributed by atoms with E-state index in [-0.39, 0.29) is 12.5 Å². The van der Waals surface area contributed by atoms with E-state index < -0.39 is 6.04 Å². The number of anilines is 1. The molecule has 0 radical (unpaired) electrons. The van der Waals surface area contributed by atoms with Crippen molar-refractivity contribution < 1.29 is 9.53 Å². The number of carbonyl (C=O) groups excluding carboxylic acids is 1. The molecule has 3 aromatic rings. The summed E-state index contributed by atoms with van der Waals surface area (Å²) in [6.07, 6.45) is 3.53. The number of pyridine rings is 1. The Morgan fingerprint density at radius 2 is 2.00 bits per heavy atom. The van der Waals surface area contributed by atoms with Gasteiger partial charge in [0.2, 0.25) is 5.91 Å². The molecule has 1 atom stereocenters. The maximum atomic E-state index is 11.9. The fourth-order valence-corrected chi connectivity index (χ4v) is 3.04. The summed E-state index contributed by atoms with van der Waals surface area (Å²) in [6.45, 7) is 0.165. The lowest BCUT2D eigenvalue weighted by Gasteiger charge is -2.08. The molecule has 0 bridgehead atoms. The summed E-state index contributed by atoms with van der Waals surface area (Å²) >= 11 is 1.36. The van der Waals surface area contributed by atoms with Gasteiger partial charge in [0.1, 0.15) is 6.04 Å². The maximum absolute atomic E-state index is 11.9. The topological polar surface area (TPSA) is 90.1 Å². The number of nitrogens with two attached hydrogens (primary N) is 1. The van der Waals surface area contributed by atoms with Crippen LogP contribution in [0.25, 0.3) is 22.4 Å². The third-order valence-electron chi connectivity index (χ3n) is 3.59.